The highest BCUT2D eigenvalue weighted by molar-refractivity contribution is 5.23. The molecule has 0 aromatic heterocycles. The summed E-state index contributed by atoms with van der Waals surface area (Å²) in [6.07, 6.45) is 8.15. The lowest BCUT2D eigenvalue weighted by atomic mass is 9.96. The number of rotatable bonds is 3. The van der Waals surface area contributed by atoms with Crippen LogP contribution in [0.25, 0.3) is 0 Å². The van der Waals surface area contributed by atoms with Crippen LogP contribution in [0.5, 0.6) is 0 Å². The van der Waals surface area contributed by atoms with E-state index in [-0.39, 0.29) is 0 Å². The molecule has 0 unspecified atom stereocenters. The predicted molar refractivity (Wildman–Crippen MR) is 77.3 cm³/mol. The largest absolute Gasteiger partial charge is 0.373 e. The third kappa shape index (κ3) is 3.52. The second-order valence-electron chi connectivity index (χ2n) is 6.66. The van der Waals surface area contributed by atoms with Crippen LogP contribution in [0.4, 0.5) is 0 Å². The molecule has 0 radical (unpaired) electrons. The van der Waals surface area contributed by atoms with Crippen LogP contribution in [0.1, 0.15) is 27.2 Å². The fourth-order valence-electron chi connectivity index (χ4n) is 2.71. The number of hydrogen-bond donors (Lipinski definition) is 1. The third-order valence-electron chi connectivity index (χ3n) is 3.63. The maximum atomic E-state index is 3.37. The minimum Gasteiger partial charge on any atom is -0.373 e. The van der Waals surface area contributed by atoms with Crippen LogP contribution < -0.4 is 5.32 Å². The van der Waals surface area contributed by atoms with E-state index in [9.17, 15) is 0 Å². The van der Waals surface area contributed by atoms with Gasteiger partial charge in [0.1, 0.15) is 0 Å². The number of nitrogens with one attached hydrogen (secondary N) is 1. The summed E-state index contributed by atoms with van der Waals surface area (Å²) in [6, 6.07) is 0.659. The molecule has 0 aromatic carbocycles. The lowest BCUT2D eigenvalue weighted by molar-refractivity contribution is 0.262. The van der Waals surface area contributed by atoms with E-state index in [4.69, 9.17) is 0 Å². The van der Waals surface area contributed by atoms with Gasteiger partial charge >= 0.3 is 0 Å². The zero-order valence-electron chi connectivity index (χ0n) is 12.2. The lowest BCUT2D eigenvalue weighted by Gasteiger charge is -2.31. The van der Waals surface area contributed by atoms with E-state index in [1.807, 2.05) is 0 Å². The van der Waals surface area contributed by atoms with E-state index in [1.54, 1.807) is 0 Å². The Bertz CT molecular complexity index is 338. The summed E-state index contributed by atoms with van der Waals surface area (Å²) in [5.74, 6) is 0. The van der Waals surface area contributed by atoms with E-state index in [1.165, 1.54) is 18.7 Å². The SMILES string of the molecule is CN[C@@H]1CCN(C2=CCN(CC(C)(C)C)C=C2)C1. The first kappa shape index (κ1) is 13.5. The summed E-state index contributed by atoms with van der Waals surface area (Å²) in [5, 5.41) is 3.37. The van der Waals surface area contributed by atoms with E-state index < -0.39 is 0 Å². The van der Waals surface area contributed by atoms with Crippen LogP contribution in [0.3, 0.4) is 0 Å². The third-order valence-corrected chi connectivity index (χ3v) is 3.63. The maximum Gasteiger partial charge on any atom is 0.0377 e. The quantitative estimate of drug-likeness (QED) is 0.826. The highest BCUT2D eigenvalue weighted by Crippen LogP contribution is 2.21. The monoisotopic (exact) mass is 249 g/mol. The highest BCUT2D eigenvalue weighted by Gasteiger charge is 2.23. The molecule has 3 nitrogen and oxygen atoms in total. The van der Waals surface area contributed by atoms with Crippen molar-refractivity contribution in [3.8, 4) is 0 Å². The van der Waals surface area contributed by atoms with Gasteiger partial charge in [-0.25, -0.2) is 0 Å². The highest BCUT2D eigenvalue weighted by atomic mass is 15.2. The van der Waals surface area contributed by atoms with Crippen molar-refractivity contribution in [3.05, 3.63) is 24.0 Å². The average molecular weight is 249 g/mol. The van der Waals surface area contributed by atoms with Crippen molar-refractivity contribution < 1.29 is 0 Å². The summed E-state index contributed by atoms with van der Waals surface area (Å²) < 4.78 is 0. The maximum absolute atomic E-state index is 3.37. The molecular weight excluding hydrogens is 222 g/mol. The van der Waals surface area contributed by atoms with Crippen molar-refractivity contribution in [2.45, 2.75) is 33.2 Å². The van der Waals surface area contributed by atoms with Gasteiger partial charge in [0.15, 0.2) is 0 Å². The molecule has 0 amide bonds. The molecule has 18 heavy (non-hydrogen) atoms. The van der Waals surface area contributed by atoms with Crippen LogP contribution in [-0.2, 0) is 0 Å². The first-order valence-electron chi connectivity index (χ1n) is 7.02. The summed E-state index contributed by atoms with van der Waals surface area (Å²) in [4.78, 5) is 4.89. The van der Waals surface area contributed by atoms with E-state index in [0.717, 1.165) is 19.6 Å². The van der Waals surface area contributed by atoms with Crippen molar-refractivity contribution in [2.75, 3.05) is 33.2 Å². The van der Waals surface area contributed by atoms with Crippen LogP contribution in [0.2, 0.25) is 0 Å². The molecule has 0 spiro atoms. The molecule has 0 saturated carbocycles. The minimum absolute atomic E-state index is 0.362. The summed E-state index contributed by atoms with van der Waals surface area (Å²) >= 11 is 0. The van der Waals surface area contributed by atoms with Crippen LogP contribution >= 0.6 is 0 Å². The molecule has 1 atom stereocenters. The number of hydrogen-bond acceptors (Lipinski definition) is 3. The Balaban J connectivity index is 1.86. The zero-order chi connectivity index (χ0) is 13.2. The van der Waals surface area contributed by atoms with Gasteiger partial charge in [0.2, 0.25) is 0 Å². The number of likely N-dealkylation sites (N-methyl/N-ethyl adjacent to an activating group) is 1. The second kappa shape index (κ2) is 5.35. The second-order valence-corrected chi connectivity index (χ2v) is 6.66. The van der Waals surface area contributed by atoms with Gasteiger partial charge in [-0.2, -0.15) is 0 Å². The Labute approximate surface area is 112 Å². The topological polar surface area (TPSA) is 18.5 Å². The van der Waals surface area contributed by atoms with Gasteiger partial charge in [0, 0.05) is 44.1 Å². The van der Waals surface area contributed by atoms with Gasteiger partial charge in [0.25, 0.3) is 0 Å². The Morgan fingerprint density at radius 1 is 1.39 bits per heavy atom. The van der Waals surface area contributed by atoms with Gasteiger partial charge in [-0.05, 0) is 31.0 Å². The van der Waals surface area contributed by atoms with E-state index in [2.05, 4.69) is 61.3 Å². The molecule has 0 aromatic rings. The Hall–Kier alpha value is -0.960. The molecule has 3 heteroatoms. The molecule has 2 aliphatic rings. The van der Waals surface area contributed by atoms with Gasteiger partial charge in [0.05, 0.1) is 0 Å². The van der Waals surface area contributed by atoms with Crippen molar-refractivity contribution in [2.24, 2.45) is 5.41 Å². The molecule has 1 saturated heterocycles. The zero-order valence-corrected chi connectivity index (χ0v) is 12.2. The fourth-order valence-corrected chi connectivity index (χ4v) is 2.71. The first-order valence-corrected chi connectivity index (χ1v) is 7.02. The van der Waals surface area contributed by atoms with Gasteiger partial charge in [-0.1, -0.05) is 20.8 Å². The van der Waals surface area contributed by atoms with Crippen LogP contribution in [0.15, 0.2) is 24.0 Å². The Morgan fingerprint density at radius 2 is 2.17 bits per heavy atom. The van der Waals surface area contributed by atoms with Gasteiger partial charge in [-0.15, -0.1) is 0 Å². The van der Waals surface area contributed by atoms with Crippen LogP contribution in [0, 0.1) is 5.41 Å². The molecule has 1 N–H and O–H groups in total. The number of allylic oxidation sites excluding steroid dienone is 1. The molecule has 0 bridgehead atoms. The fraction of sp³-hybridized carbons (Fsp3) is 0.733. The molecule has 2 rings (SSSR count). The summed E-state index contributed by atoms with van der Waals surface area (Å²) in [7, 11) is 2.06. The van der Waals surface area contributed by atoms with E-state index >= 15 is 0 Å². The molecule has 2 aliphatic heterocycles. The molecular formula is C15H27N3. The lowest BCUT2D eigenvalue weighted by Crippen LogP contribution is -2.33. The van der Waals surface area contributed by atoms with Gasteiger partial charge in [-0.3, -0.25) is 0 Å². The number of likely N-dealkylation sites (tertiary alicyclic amines) is 1. The first-order chi connectivity index (χ1) is 8.48. The smallest absolute Gasteiger partial charge is 0.0377 e. The standard InChI is InChI=1S/C15H27N3/c1-15(2,3)12-17-8-6-14(7-9-17)18-10-5-13(11-18)16-4/h6-8,13,16H,5,9-12H2,1-4H3/t13-/m1/s1. The summed E-state index contributed by atoms with van der Waals surface area (Å²) in [5.41, 5.74) is 1.76. The minimum atomic E-state index is 0.362. The van der Waals surface area contributed by atoms with Crippen molar-refractivity contribution >= 4 is 0 Å². The Kier molecular flexibility index (Phi) is 4.00. The summed E-state index contributed by atoms with van der Waals surface area (Å²) in [6.45, 7) is 11.4. The molecule has 2 heterocycles. The normalized spacial score (nSPS) is 24.7. The molecule has 1 fully saturated rings. The van der Waals surface area contributed by atoms with Crippen molar-refractivity contribution in [3.63, 3.8) is 0 Å². The van der Waals surface area contributed by atoms with Crippen LogP contribution in [-0.4, -0.2) is 49.1 Å². The van der Waals surface area contributed by atoms with Crippen molar-refractivity contribution in [1.82, 2.24) is 15.1 Å². The van der Waals surface area contributed by atoms with E-state index in [0.29, 0.717) is 11.5 Å². The molecule has 102 valence electrons. The average Bonchev–Trinajstić information content (AvgIpc) is 2.76. The van der Waals surface area contributed by atoms with Gasteiger partial charge < -0.3 is 15.1 Å². The molecule has 0 aliphatic carbocycles. The number of nitrogens with zero attached hydrogens (tertiary/aromatic N) is 2. The van der Waals surface area contributed by atoms with Crippen molar-refractivity contribution in [1.29, 1.82) is 0 Å². The Morgan fingerprint density at radius 3 is 2.67 bits per heavy atom. The predicted octanol–water partition coefficient (Wildman–Crippen LogP) is 2.04.